The Hall–Kier alpha value is -1.10. The number of hydrogen-bond donors (Lipinski definition) is 1. The van der Waals surface area contributed by atoms with Crippen molar-refractivity contribution < 1.29 is 8.78 Å². The maximum Gasteiger partial charge on any atom is 0.137 e. The Kier molecular flexibility index (Phi) is 5.02. The number of benzene rings is 2. The fourth-order valence-electron chi connectivity index (χ4n) is 1.71. The van der Waals surface area contributed by atoms with Gasteiger partial charge >= 0.3 is 0 Å². The highest BCUT2D eigenvalue weighted by molar-refractivity contribution is 7.99. The van der Waals surface area contributed by atoms with Crippen molar-refractivity contribution in [1.29, 1.82) is 0 Å². The highest BCUT2D eigenvalue weighted by Gasteiger charge is 2.11. The van der Waals surface area contributed by atoms with Crippen LogP contribution >= 0.6 is 23.4 Å². The van der Waals surface area contributed by atoms with Gasteiger partial charge in [-0.15, -0.1) is 0 Å². The third kappa shape index (κ3) is 3.51. The van der Waals surface area contributed by atoms with Gasteiger partial charge in [0.1, 0.15) is 11.6 Å². The van der Waals surface area contributed by atoms with E-state index < -0.39 is 11.6 Å². The molecule has 0 radical (unpaired) electrons. The summed E-state index contributed by atoms with van der Waals surface area (Å²) in [7, 11) is 1.86. The second-order valence-corrected chi connectivity index (χ2v) is 5.87. The summed E-state index contributed by atoms with van der Waals surface area (Å²) in [5.74, 6) is -0.925. The van der Waals surface area contributed by atoms with E-state index in [0.29, 0.717) is 9.92 Å². The van der Waals surface area contributed by atoms with E-state index in [1.54, 1.807) is 0 Å². The molecule has 106 valence electrons. The van der Waals surface area contributed by atoms with E-state index in [2.05, 4.69) is 5.32 Å². The Morgan fingerprint density at radius 2 is 1.85 bits per heavy atom. The molecule has 0 fully saturated rings. The monoisotopic (exact) mass is 313 g/mol. The van der Waals surface area contributed by atoms with Gasteiger partial charge in [0.25, 0.3) is 0 Å². The molecule has 20 heavy (non-hydrogen) atoms. The van der Waals surface area contributed by atoms with Gasteiger partial charge in [-0.3, -0.25) is 0 Å². The fraction of sp³-hybridized carbons (Fsp3) is 0.200. The molecule has 2 aromatic rings. The van der Waals surface area contributed by atoms with Gasteiger partial charge in [0.05, 0.1) is 9.92 Å². The predicted octanol–water partition coefficient (Wildman–Crippen LogP) is 5.05. The smallest absolute Gasteiger partial charge is 0.137 e. The molecule has 0 aliphatic heterocycles. The van der Waals surface area contributed by atoms with Crippen molar-refractivity contribution in [2.24, 2.45) is 0 Å². The summed E-state index contributed by atoms with van der Waals surface area (Å²) in [6.07, 6.45) is 0. The molecule has 0 spiro atoms. The van der Waals surface area contributed by atoms with E-state index in [0.717, 1.165) is 29.5 Å². The van der Waals surface area contributed by atoms with Crippen molar-refractivity contribution in [1.82, 2.24) is 5.32 Å². The molecule has 0 bridgehead atoms. The van der Waals surface area contributed by atoms with Crippen LogP contribution in [0.4, 0.5) is 8.78 Å². The van der Waals surface area contributed by atoms with Gasteiger partial charge in [-0.05, 0) is 49.9 Å². The van der Waals surface area contributed by atoms with Crippen molar-refractivity contribution in [2.75, 3.05) is 7.05 Å². The van der Waals surface area contributed by atoms with Gasteiger partial charge in [0, 0.05) is 10.9 Å². The lowest BCUT2D eigenvalue weighted by atomic mass is 10.1. The summed E-state index contributed by atoms with van der Waals surface area (Å²) in [5.41, 5.74) is 1.04. The van der Waals surface area contributed by atoms with Crippen LogP contribution in [0, 0.1) is 11.6 Å². The van der Waals surface area contributed by atoms with Crippen LogP contribution in [0.3, 0.4) is 0 Å². The lowest BCUT2D eigenvalue weighted by Crippen LogP contribution is -2.12. The molecule has 5 heteroatoms. The van der Waals surface area contributed by atoms with Crippen LogP contribution in [-0.4, -0.2) is 7.05 Å². The highest BCUT2D eigenvalue weighted by Crippen LogP contribution is 2.36. The maximum absolute atomic E-state index is 13.6. The molecule has 2 aromatic carbocycles. The Balaban J connectivity index is 2.28. The van der Waals surface area contributed by atoms with Crippen LogP contribution in [0.25, 0.3) is 0 Å². The van der Waals surface area contributed by atoms with E-state index in [-0.39, 0.29) is 10.9 Å². The molecule has 1 atom stereocenters. The Bertz CT molecular complexity index is 619. The normalized spacial score (nSPS) is 12.4. The first-order chi connectivity index (χ1) is 9.51. The van der Waals surface area contributed by atoms with E-state index >= 15 is 0 Å². The fourth-order valence-corrected chi connectivity index (χ4v) is 2.88. The van der Waals surface area contributed by atoms with E-state index in [1.165, 1.54) is 6.07 Å². The summed E-state index contributed by atoms with van der Waals surface area (Å²) in [4.78, 5) is 0.921. The zero-order valence-corrected chi connectivity index (χ0v) is 12.7. The third-order valence-corrected chi connectivity index (χ3v) is 4.54. The molecule has 0 aromatic heterocycles. The van der Waals surface area contributed by atoms with Gasteiger partial charge in [-0.1, -0.05) is 29.4 Å². The average Bonchev–Trinajstić information content (AvgIpc) is 2.44. The standard InChI is InChI=1S/C15H14ClF2NS/c1-9(19-2)10-3-6-14(12(16)7-10)20-15-8-11(17)4-5-13(15)18/h3-9,19H,1-2H3. The first kappa shape index (κ1) is 15.3. The van der Waals surface area contributed by atoms with Gasteiger partial charge in [0.15, 0.2) is 0 Å². The minimum absolute atomic E-state index is 0.178. The Labute approximate surface area is 126 Å². The second-order valence-electron chi connectivity index (χ2n) is 4.38. The van der Waals surface area contributed by atoms with Crippen molar-refractivity contribution in [3.05, 3.63) is 58.6 Å². The molecule has 0 heterocycles. The molecule has 1 N–H and O–H groups in total. The molecule has 2 rings (SSSR count). The Morgan fingerprint density at radius 3 is 2.50 bits per heavy atom. The maximum atomic E-state index is 13.6. The summed E-state index contributed by atoms with van der Waals surface area (Å²) >= 11 is 7.32. The van der Waals surface area contributed by atoms with Crippen molar-refractivity contribution in [3.63, 3.8) is 0 Å². The molecule has 0 saturated carbocycles. The molecular weight excluding hydrogens is 300 g/mol. The number of rotatable bonds is 4. The van der Waals surface area contributed by atoms with Gasteiger partial charge in [0.2, 0.25) is 0 Å². The van der Waals surface area contributed by atoms with Gasteiger partial charge < -0.3 is 5.32 Å². The van der Waals surface area contributed by atoms with Gasteiger partial charge in [-0.2, -0.15) is 0 Å². The van der Waals surface area contributed by atoms with Gasteiger partial charge in [-0.25, -0.2) is 8.78 Å². The molecule has 0 aliphatic rings. The first-order valence-electron chi connectivity index (χ1n) is 6.11. The summed E-state index contributed by atoms with van der Waals surface area (Å²) in [6.45, 7) is 2.02. The lowest BCUT2D eigenvalue weighted by Gasteiger charge is -2.12. The summed E-state index contributed by atoms with van der Waals surface area (Å²) in [5, 5.41) is 3.65. The molecule has 0 saturated heterocycles. The first-order valence-corrected chi connectivity index (χ1v) is 7.30. The quantitative estimate of drug-likeness (QED) is 0.847. The lowest BCUT2D eigenvalue weighted by molar-refractivity contribution is 0.577. The number of nitrogens with one attached hydrogen (secondary N) is 1. The molecular formula is C15H14ClF2NS. The molecule has 1 nitrogen and oxygen atoms in total. The van der Waals surface area contributed by atoms with E-state index in [9.17, 15) is 8.78 Å². The number of halogens is 3. The third-order valence-electron chi connectivity index (χ3n) is 3.00. The SMILES string of the molecule is CNC(C)c1ccc(Sc2cc(F)ccc2F)c(Cl)c1. The summed E-state index contributed by atoms with van der Waals surface area (Å²) < 4.78 is 26.8. The van der Waals surface area contributed by atoms with Crippen molar-refractivity contribution >= 4 is 23.4 Å². The van der Waals surface area contributed by atoms with Crippen LogP contribution in [0.15, 0.2) is 46.2 Å². The minimum Gasteiger partial charge on any atom is -0.313 e. The van der Waals surface area contributed by atoms with E-state index in [1.807, 2.05) is 32.2 Å². The Morgan fingerprint density at radius 1 is 1.10 bits per heavy atom. The molecule has 0 aliphatic carbocycles. The zero-order chi connectivity index (χ0) is 14.7. The summed E-state index contributed by atoms with van der Waals surface area (Å²) in [6, 6.07) is 9.13. The average molecular weight is 314 g/mol. The van der Waals surface area contributed by atoms with Crippen LogP contribution < -0.4 is 5.32 Å². The van der Waals surface area contributed by atoms with Crippen LogP contribution in [-0.2, 0) is 0 Å². The number of hydrogen-bond acceptors (Lipinski definition) is 2. The van der Waals surface area contributed by atoms with Crippen LogP contribution in [0.2, 0.25) is 5.02 Å². The minimum atomic E-state index is -0.467. The highest BCUT2D eigenvalue weighted by atomic mass is 35.5. The molecule has 1 unspecified atom stereocenters. The largest absolute Gasteiger partial charge is 0.313 e. The van der Waals surface area contributed by atoms with Crippen molar-refractivity contribution in [2.45, 2.75) is 22.8 Å². The van der Waals surface area contributed by atoms with Crippen molar-refractivity contribution in [3.8, 4) is 0 Å². The van der Waals surface area contributed by atoms with Crippen LogP contribution in [0.5, 0.6) is 0 Å². The van der Waals surface area contributed by atoms with Crippen LogP contribution in [0.1, 0.15) is 18.5 Å². The second kappa shape index (κ2) is 6.57. The predicted molar refractivity (Wildman–Crippen MR) is 79.4 cm³/mol. The zero-order valence-electron chi connectivity index (χ0n) is 11.1. The topological polar surface area (TPSA) is 12.0 Å². The molecule has 0 amide bonds. The van der Waals surface area contributed by atoms with E-state index in [4.69, 9.17) is 11.6 Å².